The van der Waals surface area contributed by atoms with E-state index in [9.17, 15) is 8.42 Å². The van der Waals surface area contributed by atoms with Gasteiger partial charge >= 0.3 is 0 Å². The lowest BCUT2D eigenvalue weighted by molar-refractivity contribution is 0.600. The Hall–Kier alpha value is -1.20. The van der Waals surface area contributed by atoms with Crippen molar-refractivity contribution in [2.75, 3.05) is 5.75 Å². The van der Waals surface area contributed by atoms with Gasteiger partial charge in [-0.3, -0.25) is 0 Å². The minimum Gasteiger partial charge on any atom is -0.367 e. The molecule has 0 saturated heterocycles. The molecule has 1 aliphatic carbocycles. The van der Waals surface area contributed by atoms with E-state index in [-0.39, 0.29) is 10.6 Å². The number of thioether (sulfide) groups is 1. The van der Waals surface area contributed by atoms with Gasteiger partial charge in [0.25, 0.3) is 0 Å². The molecule has 0 amide bonds. The summed E-state index contributed by atoms with van der Waals surface area (Å²) in [5, 5.41) is 3.56. The van der Waals surface area contributed by atoms with E-state index in [1.807, 2.05) is 13.0 Å². The number of sulfone groups is 1. The fraction of sp³-hybridized carbons (Fsp3) is 0.444. The normalized spacial score (nSPS) is 26.7. The molecular weight excluding hydrogens is 326 g/mol. The zero-order chi connectivity index (χ0) is 16.5. The maximum absolute atomic E-state index is 12.5. The maximum Gasteiger partial charge on any atom is 0.184 e. The zero-order valence-corrected chi connectivity index (χ0v) is 15.3. The Morgan fingerprint density at radius 2 is 2.13 bits per heavy atom. The van der Waals surface area contributed by atoms with Crippen LogP contribution in [0.2, 0.25) is 0 Å². The number of nitrogens with one attached hydrogen (secondary N) is 1. The van der Waals surface area contributed by atoms with Crippen molar-refractivity contribution in [3.63, 3.8) is 0 Å². The van der Waals surface area contributed by atoms with Crippen LogP contribution in [0.4, 0.5) is 0 Å². The Labute approximate surface area is 143 Å². The van der Waals surface area contributed by atoms with Crippen molar-refractivity contribution in [2.45, 2.75) is 44.4 Å². The molecule has 124 valence electrons. The van der Waals surface area contributed by atoms with E-state index in [0.29, 0.717) is 10.7 Å². The van der Waals surface area contributed by atoms with E-state index in [1.54, 1.807) is 0 Å². The minimum atomic E-state index is -3.17. The van der Waals surface area contributed by atoms with E-state index in [1.165, 1.54) is 17.3 Å². The molecule has 0 aromatic carbocycles. The molecule has 5 heteroatoms. The predicted molar refractivity (Wildman–Crippen MR) is 98.5 cm³/mol. The van der Waals surface area contributed by atoms with Crippen LogP contribution in [0.3, 0.4) is 0 Å². The Kier molecular flexibility index (Phi) is 4.61. The average molecular weight is 350 g/mol. The summed E-state index contributed by atoms with van der Waals surface area (Å²) in [7, 11) is -3.17. The molecule has 1 N–H and O–H groups in total. The lowest BCUT2D eigenvalue weighted by atomic mass is 9.96. The van der Waals surface area contributed by atoms with Gasteiger partial charge in [0.05, 0.1) is 5.75 Å². The molecule has 3 nitrogen and oxygen atoms in total. The highest BCUT2D eigenvalue weighted by Gasteiger charge is 2.41. The van der Waals surface area contributed by atoms with Crippen LogP contribution in [-0.2, 0) is 9.84 Å². The highest BCUT2D eigenvalue weighted by molar-refractivity contribution is 8.19. The molecular formula is C18H23NO2S2. The van der Waals surface area contributed by atoms with Gasteiger partial charge in [0.1, 0.15) is 9.11 Å². The summed E-state index contributed by atoms with van der Waals surface area (Å²) in [5.41, 5.74) is 3.42. The minimum absolute atomic E-state index is 0.238. The molecule has 0 bridgehead atoms. The second-order valence-corrected chi connectivity index (χ2v) is 10.1. The first-order chi connectivity index (χ1) is 10.9. The number of hydrogen-bond donors (Lipinski definition) is 1. The average Bonchev–Trinajstić information content (AvgIpc) is 2.91. The van der Waals surface area contributed by atoms with Gasteiger partial charge in [0.15, 0.2) is 9.84 Å². The molecule has 2 aliphatic heterocycles. The fourth-order valence-electron chi connectivity index (χ4n) is 2.93. The predicted octanol–water partition coefficient (Wildman–Crippen LogP) is 4.20. The van der Waals surface area contributed by atoms with Crippen molar-refractivity contribution in [3.8, 4) is 0 Å². The summed E-state index contributed by atoms with van der Waals surface area (Å²) in [4.78, 5) is -0.388. The number of unbranched alkanes of at least 4 members (excludes halogenated alkanes) is 1. The molecule has 0 radical (unpaired) electrons. The summed E-state index contributed by atoms with van der Waals surface area (Å²) in [5.74, 6) is 0.238. The number of dihydropyridines is 1. The molecule has 0 spiro atoms. The van der Waals surface area contributed by atoms with E-state index in [0.717, 1.165) is 30.5 Å². The van der Waals surface area contributed by atoms with Gasteiger partial charge in [0.2, 0.25) is 0 Å². The van der Waals surface area contributed by atoms with Gasteiger partial charge in [-0.1, -0.05) is 49.4 Å². The molecule has 0 saturated carbocycles. The van der Waals surface area contributed by atoms with Gasteiger partial charge < -0.3 is 5.32 Å². The summed E-state index contributed by atoms with van der Waals surface area (Å²) in [6, 6.07) is 0. The van der Waals surface area contributed by atoms with Crippen molar-refractivity contribution in [3.05, 3.63) is 57.5 Å². The standard InChI is InChI=1S/C18H23NO2S2/c1-3-4-12-23(20,21)17-13-15-10-11-16(19-18(15,2)22-17)14-8-6-5-7-9-14/h5-6,8,10-11,13,19H,3-4,7,9,12H2,1-2H3. The van der Waals surface area contributed by atoms with E-state index in [2.05, 4.69) is 42.6 Å². The quantitative estimate of drug-likeness (QED) is 0.808. The van der Waals surface area contributed by atoms with Gasteiger partial charge in [-0.05, 0) is 49.5 Å². The lowest BCUT2D eigenvalue weighted by Crippen LogP contribution is -2.40. The monoisotopic (exact) mass is 349 g/mol. The van der Waals surface area contributed by atoms with Crippen LogP contribution in [0.25, 0.3) is 0 Å². The molecule has 23 heavy (non-hydrogen) atoms. The smallest absolute Gasteiger partial charge is 0.184 e. The third-order valence-electron chi connectivity index (χ3n) is 4.36. The number of fused-ring (bicyclic) bond motifs is 1. The van der Waals surface area contributed by atoms with E-state index >= 15 is 0 Å². The molecule has 0 aromatic rings. The van der Waals surface area contributed by atoms with Crippen molar-refractivity contribution >= 4 is 21.6 Å². The zero-order valence-electron chi connectivity index (χ0n) is 13.6. The van der Waals surface area contributed by atoms with Crippen molar-refractivity contribution in [1.82, 2.24) is 5.32 Å². The molecule has 2 heterocycles. The molecule has 0 fully saturated rings. The molecule has 1 unspecified atom stereocenters. The molecule has 0 aromatic heterocycles. The molecule has 3 aliphatic rings. The van der Waals surface area contributed by atoms with Crippen LogP contribution in [-0.4, -0.2) is 19.0 Å². The van der Waals surface area contributed by atoms with Crippen LogP contribution in [0, 0.1) is 0 Å². The SMILES string of the molecule is CCCCS(=O)(=O)C1=CC2=CC=C(C3=CC=CCC3)NC2(C)S1. The first kappa shape index (κ1) is 16.7. The highest BCUT2D eigenvalue weighted by atomic mass is 32.3. The Balaban J connectivity index is 1.84. The topological polar surface area (TPSA) is 46.2 Å². The first-order valence-corrected chi connectivity index (χ1v) is 10.6. The third-order valence-corrected chi connectivity index (χ3v) is 8.00. The fourth-order valence-corrected chi connectivity index (χ4v) is 6.36. The van der Waals surface area contributed by atoms with Crippen LogP contribution in [0.15, 0.2) is 57.5 Å². The Morgan fingerprint density at radius 1 is 1.30 bits per heavy atom. The van der Waals surface area contributed by atoms with Crippen LogP contribution < -0.4 is 5.32 Å². The van der Waals surface area contributed by atoms with Gasteiger partial charge in [-0.2, -0.15) is 0 Å². The van der Waals surface area contributed by atoms with Crippen LogP contribution in [0.1, 0.15) is 39.5 Å². The van der Waals surface area contributed by atoms with Gasteiger partial charge in [0, 0.05) is 5.70 Å². The molecule has 1 atom stereocenters. The molecule has 3 rings (SSSR count). The number of allylic oxidation sites excluding steroid dienone is 6. The first-order valence-electron chi connectivity index (χ1n) is 8.15. The van der Waals surface area contributed by atoms with Gasteiger partial charge in [-0.15, -0.1) is 0 Å². The van der Waals surface area contributed by atoms with Crippen molar-refractivity contribution < 1.29 is 8.42 Å². The maximum atomic E-state index is 12.5. The van der Waals surface area contributed by atoms with Gasteiger partial charge in [-0.25, -0.2) is 8.42 Å². The van der Waals surface area contributed by atoms with E-state index < -0.39 is 9.84 Å². The Bertz CT molecular complexity index is 754. The lowest BCUT2D eigenvalue weighted by Gasteiger charge is -2.33. The third kappa shape index (κ3) is 3.36. The van der Waals surface area contributed by atoms with Crippen molar-refractivity contribution in [1.29, 1.82) is 0 Å². The second kappa shape index (κ2) is 6.36. The van der Waals surface area contributed by atoms with E-state index in [4.69, 9.17) is 0 Å². The number of hydrogen-bond acceptors (Lipinski definition) is 4. The Morgan fingerprint density at radius 3 is 2.83 bits per heavy atom. The van der Waals surface area contributed by atoms with Crippen molar-refractivity contribution in [2.24, 2.45) is 0 Å². The van der Waals surface area contributed by atoms with Crippen LogP contribution >= 0.6 is 11.8 Å². The summed E-state index contributed by atoms with van der Waals surface area (Å²) in [6.07, 6.45) is 16.0. The summed E-state index contributed by atoms with van der Waals surface area (Å²) < 4.78 is 25.5. The number of rotatable bonds is 5. The summed E-state index contributed by atoms with van der Waals surface area (Å²) >= 11 is 1.43. The summed E-state index contributed by atoms with van der Waals surface area (Å²) in [6.45, 7) is 4.08. The highest BCUT2D eigenvalue weighted by Crippen LogP contribution is 2.48. The largest absolute Gasteiger partial charge is 0.367 e. The van der Waals surface area contributed by atoms with Crippen LogP contribution in [0.5, 0.6) is 0 Å². The second-order valence-electron chi connectivity index (χ2n) is 6.26.